The second-order valence-corrected chi connectivity index (χ2v) is 6.79. The monoisotopic (exact) mass is 333 g/mol. The second-order valence-electron chi connectivity index (χ2n) is 5.47. The molecule has 1 aromatic carbocycles. The molecule has 1 aromatic heterocycles. The Hall–Kier alpha value is -1.92. The molecule has 0 spiro atoms. The predicted molar refractivity (Wildman–Crippen MR) is 92.5 cm³/mol. The average Bonchev–Trinajstić information content (AvgIpc) is 2.96. The summed E-state index contributed by atoms with van der Waals surface area (Å²) in [7, 11) is 0. The zero-order valence-electron chi connectivity index (χ0n) is 13.7. The molecule has 0 fully saturated rings. The maximum atomic E-state index is 12.3. The summed E-state index contributed by atoms with van der Waals surface area (Å²) in [6, 6.07) is 7.53. The van der Waals surface area contributed by atoms with E-state index in [9.17, 15) is 9.90 Å². The number of hydrogen-bond donors (Lipinski definition) is 2. The molecule has 2 amide bonds. The minimum Gasteiger partial charge on any atom is -0.387 e. The number of thiazole rings is 1. The molecule has 0 aliphatic carbocycles. The van der Waals surface area contributed by atoms with Crippen molar-refractivity contribution in [1.82, 2.24) is 15.2 Å². The highest BCUT2D eigenvalue weighted by atomic mass is 32.1. The molecule has 2 N–H and O–H groups in total. The SMILES string of the molecule is CCN(CC(O)c1ccc(C)cc1)C(=O)NCc1cnc(C)s1. The topological polar surface area (TPSA) is 65.5 Å². The molecule has 1 atom stereocenters. The molecule has 0 bridgehead atoms. The lowest BCUT2D eigenvalue weighted by atomic mass is 10.1. The fourth-order valence-electron chi connectivity index (χ4n) is 2.22. The first-order chi connectivity index (χ1) is 11.0. The Morgan fingerprint density at radius 1 is 1.35 bits per heavy atom. The highest BCUT2D eigenvalue weighted by Crippen LogP contribution is 2.15. The van der Waals surface area contributed by atoms with Crippen molar-refractivity contribution in [3.8, 4) is 0 Å². The number of nitrogens with zero attached hydrogens (tertiary/aromatic N) is 2. The van der Waals surface area contributed by atoms with Gasteiger partial charge in [0.05, 0.1) is 24.2 Å². The molecule has 2 rings (SSSR count). The molecule has 0 saturated heterocycles. The largest absolute Gasteiger partial charge is 0.387 e. The predicted octanol–water partition coefficient (Wildman–Crippen LogP) is 3.03. The van der Waals surface area contributed by atoms with Gasteiger partial charge in [0.2, 0.25) is 0 Å². The van der Waals surface area contributed by atoms with Gasteiger partial charge in [-0.2, -0.15) is 0 Å². The summed E-state index contributed by atoms with van der Waals surface area (Å²) in [6.07, 6.45) is 1.09. The molecule has 1 heterocycles. The van der Waals surface area contributed by atoms with Crippen LogP contribution in [0, 0.1) is 13.8 Å². The summed E-state index contributed by atoms with van der Waals surface area (Å²) >= 11 is 1.57. The van der Waals surface area contributed by atoms with E-state index in [-0.39, 0.29) is 12.6 Å². The van der Waals surface area contributed by atoms with Crippen molar-refractivity contribution in [3.63, 3.8) is 0 Å². The smallest absolute Gasteiger partial charge is 0.317 e. The minimum absolute atomic E-state index is 0.176. The van der Waals surface area contributed by atoms with Crippen LogP contribution in [0.4, 0.5) is 4.79 Å². The third-order valence-corrected chi connectivity index (χ3v) is 4.52. The van der Waals surface area contributed by atoms with E-state index < -0.39 is 6.10 Å². The van der Waals surface area contributed by atoms with Gasteiger partial charge in [-0.25, -0.2) is 9.78 Å². The lowest BCUT2D eigenvalue weighted by molar-refractivity contribution is 0.123. The first kappa shape index (κ1) is 17.4. The molecule has 0 radical (unpaired) electrons. The number of amides is 2. The first-order valence-corrected chi connectivity index (χ1v) is 8.50. The van der Waals surface area contributed by atoms with Gasteiger partial charge in [0.1, 0.15) is 0 Å². The Bertz CT molecular complexity index is 640. The molecule has 2 aromatic rings. The molecule has 1 unspecified atom stereocenters. The number of aliphatic hydroxyl groups is 1. The van der Waals surface area contributed by atoms with Crippen LogP contribution in [0.3, 0.4) is 0 Å². The first-order valence-electron chi connectivity index (χ1n) is 7.68. The second kappa shape index (κ2) is 8.08. The third-order valence-electron chi connectivity index (χ3n) is 3.61. The molecule has 6 heteroatoms. The highest BCUT2D eigenvalue weighted by molar-refractivity contribution is 7.11. The van der Waals surface area contributed by atoms with Crippen molar-refractivity contribution < 1.29 is 9.90 Å². The van der Waals surface area contributed by atoms with Crippen LogP contribution in [0.1, 0.15) is 34.0 Å². The fraction of sp³-hybridized carbons (Fsp3) is 0.412. The Morgan fingerprint density at radius 2 is 2.04 bits per heavy atom. The van der Waals surface area contributed by atoms with Crippen LogP contribution in [-0.4, -0.2) is 34.1 Å². The summed E-state index contributed by atoms with van der Waals surface area (Å²) in [4.78, 5) is 19.1. The van der Waals surface area contributed by atoms with Gasteiger partial charge in [-0.15, -0.1) is 11.3 Å². The third kappa shape index (κ3) is 5.04. The lowest BCUT2D eigenvalue weighted by Crippen LogP contribution is -2.41. The normalized spacial score (nSPS) is 12.0. The molecule has 23 heavy (non-hydrogen) atoms. The Labute approximate surface area is 141 Å². The summed E-state index contributed by atoms with van der Waals surface area (Å²) in [5, 5.41) is 14.2. The quantitative estimate of drug-likeness (QED) is 0.854. The number of carbonyl (C=O) groups excluding carboxylic acids is 1. The number of benzene rings is 1. The minimum atomic E-state index is -0.688. The van der Waals surface area contributed by atoms with Crippen LogP contribution in [-0.2, 0) is 6.54 Å². The van der Waals surface area contributed by atoms with E-state index in [1.807, 2.05) is 45.0 Å². The number of aliphatic hydroxyl groups excluding tert-OH is 1. The van der Waals surface area contributed by atoms with Crippen molar-refractivity contribution in [2.24, 2.45) is 0 Å². The van der Waals surface area contributed by atoms with Crippen LogP contribution in [0.25, 0.3) is 0 Å². The summed E-state index contributed by atoms with van der Waals surface area (Å²) < 4.78 is 0. The van der Waals surface area contributed by atoms with Crippen molar-refractivity contribution >= 4 is 17.4 Å². The summed E-state index contributed by atoms with van der Waals surface area (Å²) in [5.74, 6) is 0. The van der Waals surface area contributed by atoms with E-state index in [4.69, 9.17) is 0 Å². The number of aryl methyl sites for hydroxylation is 2. The average molecular weight is 333 g/mol. The highest BCUT2D eigenvalue weighted by Gasteiger charge is 2.17. The number of carbonyl (C=O) groups is 1. The van der Waals surface area contributed by atoms with Gasteiger partial charge < -0.3 is 15.3 Å². The van der Waals surface area contributed by atoms with Gasteiger partial charge in [-0.05, 0) is 26.3 Å². The van der Waals surface area contributed by atoms with Crippen LogP contribution < -0.4 is 5.32 Å². The molecular weight excluding hydrogens is 310 g/mol. The summed E-state index contributed by atoms with van der Waals surface area (Å²) in [5.41, 5.74) is 1.96. The maximum absolute atomic E-state index is 12.3. The number of aromatic nitrogens is 1. The number of rotatable bonds is 6. The van der Waals surface area contributed by atoms with Crippen molar-refractivity contribution in [2.45, 2.75) is 33.4 Å². The molecule has 5 nitrogen and oxygen atoms in total. The van der Waals surface area contributed by atoms with E-state index in [2.05, 4.69) is 10.3 Å². The van der Waals surface area contributed by atoms with Gasteiger partial charge in [0.15, 0.2) is 0 Å². The number of urea groups is 1. The Kier molecular flexibility index (Phi) is 6.12. The van der Waals surface area contributed by atoms with Gasteiger partial charge in [0, 0.05) is 17.6 Å². The molecule has 124 valence electrons. The van der Waals surface area contributed by atoms with E-state index in [0.29, 0.717) is 13.1 Å². The zero-order chi connectivity index (χ0) is 16.8. The number of hydrogen-bond acceptors (Lipinski definition) is 4. The van der Waals surface area contributed by atoms with E-state index in [0.717, 1.165) is 21.0 Å². The van der Waals surface area contributed by atoms with Crippen LogP contribution >= 0.6 is 11.3 Å². The molecule has 0 aliphatic rings. The maximum Gasteiger partial charge on any atom is 0.317 e. The van der Waals surface area contributed by atoms with Gasteiger partial charge in [-0.1, -0.05) is 29.8 Å². The number of nitrogens with one attached hydrogen (secondary N) is 1. The van der Waals surface area contributed by atoms with E-state index in [1.165, 1.54) is 0 Å². The van der Waals surface area contributed by atoms with Crippen molar-refractivity contribution in [1.29, 1.82) is 0 Å². The molecule has 0 saturated carbocycles. The standard InChI is InChI=1S/C17H23N3O2S/c1-4-20(11-16(21)14-7-5-12(2)6-8-14)17(22)19-10-15-9-18-13(3)23-15/h5-9,16,21H,4,10-11H2,1-3H3,(H,19,22). The van der Waals surface area contributed by atoms with E-state index >= 15 is 0 Å². The zero-order valence-corrected chi connectivity index (χ0v) is 14.6. The Balaban J connectivity index is 1.90. The van der Waals surface area contributed by atoms with Crippen LogP contribution in [0.2, 0.25) is 0 Å². The van der Waals surface area contributed by atoms with Gasteiger partial charge in [0.25, 0.3) is 0 Å². The van der Waals surface area contributed by atoms with Crippen molar-refractivity contribution in [2.75, 3.05) is 13.1 Å². The van der Waals surface area contributed by atoms with Crippen molar-refractivity contribution in [3.05, 3.63) is 51.5 Å². The van der Waals surface area contributed by atoms with Crippen LogP contribution in [0.5, 0.6) is 0 Å². The lowest BCUT2D eigenvalue weighted by Gasteiger charge is -2.24. The Morgan fingerprint density at radius 3 is 2.61 bits per heavy atom. The van der Waals surface area contributed by atoms with Gasteiger partial charge >= 0.3 is 6.03 Å². The fourth-order valence-corrected chi connectivity index (χ4v) is 2.95. The number of likely N-dealkylation sites (N-methyl/N-ethyl adjacent to an activating group) is 1. The van der Waals surface area contributed by atoms with Gasteiger partial charge in [-0.3, -0.25) is 0 Å². The van der Waals surface area contributed by atoms with E-state index in [1.54, 1.807) is 22.4 Å². The van der Waals surface area contributed by atoms with Crippen LogP contribution in [0.15, 0.2) is 30.5 Å². The summed E-state index contributed by atoms with van der Waals surface area (Å²) in [6.45, 7) is 7.11. The molecule has 0 aliphatic heterocycles. The molecular formula is C17H23N3O2S.